The van der Waals surface area contributed by atoms with Crippen LogP contribution in [0.2, 0.25) is 0 Å². The first kappa shape index (κ1) is 17.0. The van der Waals surface area contributed by atoms with Crippen LogP contribution in [0.5, 0.6) is 0 Å². The minimum absolute atomic E-state index is 0.137. The van der Waals surface area contributed by atoms with Crippen molar-refractivity contribution in [3.8, 4) is 11.3 Å². The van der Waals surface area contributed by atoms with Crippen LogP contribution in [0.4, 0.5) is 0 Å². The van der Waals surface area contributed by atoms with Crippen molar-refractivity contribution in [1.82, 2.24) is 9.97 Å². The van der Waals surface area contributed by atoms with Crippen molar-refractivity contribution < 1.29 is 14.3 Å². The van der Waals surface area contributed by atoms with E-state index < -0.39 is 11.8 Å². The second-order valence-corrected chi connectivity index (χ2v) is 6.56. The largest absolute Gasteiger partial charge is 0.419 e. The molecule has 0 amide bonds. The van der Waals surface area contributed by atoms with Crippen molar-refractivity contribution in [2.45, 2.75) is 0 Å². The van der Waals surface area contributed by atoms with E-state index in [9.17, 15) is 9.59 Å². The molecule has 5 nitrogen and oxygen atoms in total. The Morgan fingerprint density at radius 3 is 1.72 bits per heavy atom. The molecule has 1 aromatic heterocycles. The molecule has 1 aliphatic heterocycles. The Balaban J connectivity index is 1.85. The van der Waals surface area contributed by atoms with Crippen LogP contribution in [0.1, 0.15) is 11.3 Å². The molecule has 4 aromatic rings. The molecule has 0 spiro atoms. The number of rotatable bonds is 3. The molecule has 0 N–H and O–H groups in total. The Hall–Kier alpha value is -4.12. The fraction of sp³-hybridized carbons (Fsp3) is 0. The summed E-state index contributed by atoms with van der Waals surface area (Å²) in [5.41, 5.74) is 3.77. The fourth-order valence-corrected chi connectivity index (χ4v) is 3.37. The average Bonchev–Trinajstić information content (AvgIpc) is 3.08. The number of hydrogen-bond donors (Lipinski definition) is 0. The molecule has 1 aliphatic rings. The van der Waals surface area contributed by atoms with Crippen LogP contribution in [0, 0.1) is 0 Å². The average molecular weight is 378 g/mol. The lowest BCUT2D eigenvalue weighted by molar-refractivity contribution is -0.144. The fourth-order valence-electron chi connectivity index (χ4n) is 3.37. The van der Waals surface area contributed by atoms with Gasteiger partial charge in [-0.05, 0) is 12.1 Å². The van der Waals surface area contributed by atoms with E-state index in [0.29, 0.717) is 28.0 Å². The van der Waals surface area contributed by atoms with Gasteiger partial charge in [0, 0.05) is 11.1 Å². The number of Topliss-reactive ketones (excluding diaryl/α,β-unsaturated/α-hetero) is 1. The van der Waals surface area contributed by atoms with Crippen LogP contribution in [0.25, 0.3) is 33.6 Å². The Morgan fingerprint density at radius 1 is 0.586 bits per heavy atom. The number of cyclic esters (lactones) is 1. The van der Waals surface area contributed by atoms with Gasteiger partial charge in [-0.2, -0.15) is 0 Å². The third kappa shape index (κ3) is 2.89. The summed E-state index contributed by atoms with van der Waals surface area (Å²) in [6, 6.07) is 26.0. The zero-order valence-corrected chi connectivity index (χ0v) is 15.2. The van der Waals surface area contributed by atoms with Gasteiger partial charge >= 0.3 is 5.97 Å². The number of nitrogens with zero attached hydrogens (tertiary/aromatic N) is 2. The highest BCUT2D eigenvalue weighted by Crippen LogP contribution is 2.37. The van der Waals surface area contributed by atoms with E-state index in [1.165, 1.54) is 0 Å². The van der Waals surface area contributed by atoms with Gasteiger partial charge in [-0.25, -0.2) is 14.8 Å². The summed E-state index contributed by atoms with van der Waals surface area (Å²) in [4.78, 5) is 34.5. The number of benzene rings is 3. The smallest absolute Gasteiger partial charge is 0.385 e. The molecule has 5 rings (SSSR count). The van der Waals surface area contributed by atoms with E-state index in [1.54, 1.807) is 12.1 Å². The molecule has 0 aliphatic carbocycles. The maximum Gasteiger partial charge on any atom is 0.385 e. The monoisotopic (exact) mass is 378 g/mol. The third-order valence-corrected chi connectivity index (χ3v) is 4.72. The van der Waals surface area contributed by atoms with Gasteiger partial charge in [0.15, 0.2) is 5.76 Å². The number of hydrogen-bond acceptors (Lipinski definition) is 5. The molecular formula is C24H14N2O3. The summed E-state index contributed by atoms with van der Waals surface area (Å²) in [6.07, 6.45) is 0. The van der Waals surface area contributed by atoms with Crippen molar-refractivity contribution in [3.05, 3.63) is 96.2 Å². The number of fused-ring (bicyclic) bond motifs is 1. The van der Waals surface area contributed by atoms with E-state index in [1.807, 2.05) is 72.8 Å². The van der Waals surface area contributed by atoms with Crippen LogP contribution in [0.3, 0.4) is 0 Å². The Kier molecular flexibility index (Phi) is 3.99. The molecule has 0 saturated heterocycles. The number of ether oxygens (including phenoxy) is 1. The molecule has 29 heavy (non-hydrogen) atoms. The molecule has 2 heterocycles. The molecule has 0 unspecified atom stereocenters. The molecule has 0 fully saturated rings. The maximum atomic E-state index is 12.8. The first-order valence-electron chi connectivity index (χ1n) is 9.11. The maximum absolute atomic E-state index is 12.8. The predicted octanol–water partition coefficient (Wildman–Crippen LogP) is 4.29. The second kappa shape index (κ2) is 6.80. The second-order valence-electron chi connectivity index (χ2n) is 6.56. The lowest BCUT2D eigenvalue weighted by Gasteiger charge is -2.11. The summed E-state index contributed by atoms with van der Waals surface area (Å²) in [5, 5.41) is 0. The zero-order valence-electron chi connectivity index (χ0n) is 15.2. The zero-order chi connectivity index (χ0) is 19.8. The first-order valence-corrected chi connectivity index (χ1v) is 9.11. The number of esters is 1. The molecule has 138 valence electrons. The molecule has 0 saturated carbocycles. The van der Waals surface area contributed by atoms with E-state index in [4.69, 9.17) is 14.7 Å². The van der Waals surface area contributed by atoms with Crippen molar-refractivity contribution in [2.75, 3.05) is 0 Å². The van der Waals surface area contributed by atoms with Crippen LogP contribution in [-0.2, 0) is 14.3 Å². The molecule has 0 atom stereocenters. The Labute approximate surface area is 166 Å². The van der Waals surface area contributed by atoms with Gasteiger partial charge in [0.2, 0.25) is 0 Å². The summed E-state index contributed by atoms with van der Waals surface area (Å²) in [6.45, 7) is 0. The normalized spacial score (nSPS) is 13.8. The van der Waals surface area contributed by atoms with Gasteiger partial charge in [0.05, 0.1) is 16.7 Å². The third-order valence-electron chi connectivity index (χ3n) is 4.72. The molecule has 3 aromatic carbocycles. The highest BCUT2D eigenvalue weighted by molar-refractivity contribution is 6.58. The van der Waals surface area contributed by atoms with Crippen LogP contribution in [0.15, 0.2) is 84.9 Å². The first-order chi connectivity index (χ1) is 14.2. The van der Waals surface area contributed by atoms with E-state index in [2.05, 4.69) is 0 Å². The van der Waals surface area contributed by atoms with Gasteiger partial charge in [-0.1, -0.05) is 72.8 Å². The highest BCUT2D eigenvalue weighted by atomic mass is 16.5. The highest BCUT2D eigenvalue weighted by Gasteiger charge is 2.38. The number of ketones is 1. The summed E-state index contributed by atoms with van der Waals surface area (Å²) in [5.74, 6) is -1.42. The van der Waals surface area contributed by atoms with Crippen LogP contribution in [-0.4, -0.2) is 21.7 Å². The Bertz CT molecular complexity index is 1300. The summed E-state index contributed by atoms with van der Waals surface area (Å²) < 4.78 is 5.35. The van der Waals surface area contributed by atoms with E-state index >= 15 is 0 Å². The van der Waals surface area contributed by atoms with E-state index in [0.717, 1.165) is 5.56 Å². The standard InChI is InChI=1S/C24H14N2O3/c27-22-19(23(29-24(22)28)16-11-5-2-6-12-16)21-20(15-9-3-1-4-10-15)25-17-13-7-8-14-18(17)26-21/h1-14H. The van der Waals surface area contributed by atoms with Crippen molar-refractivity contribution >= 4 is 34.1 Å². The summed E-state index contributed by atoms with van der Waals surface area (Å²) in [7, 11) is 0. The lowest BCUT2D eigenvalue weighted by Crippen LogP contribution is -2.11. The lowest BCUT2D eigenvalue weighted by atomic mass is 9.98. The van der Waals surface area contributed by atoms with Gasteiger partial charge in [0.25, 0.3) is 5.78 Å². The predicted molar refractivity (Wildman–Crippen MR) is 109 cm³/mol. The van der Waals surface area contributed by atoms with Crippen molar-refractivity contribution in [2.24, 2.45) is 0 Å². The van der Waals surface area contributed by atoms with Gasteiger partial charge in [-0.3, -0.25) is 4.79 Å². The van der Waals surface area contributed by atoms with Crippen LogP contribution >= 0.6 is 0 Å². The van der Waals surface area contributed by atoms with Crippen molar-refractivity contribution in [3.63, 3.8) is 0 Å². The molecule has 5 heteroatoms. The number of aromatic nitrogens is 2. The van der Waals surface area contributed by atoms with Crippen LogP contribution < -0.4 is 0 Å². The quantitative estimate of drug-likeness (QED) is 0.393. The topological polar surface area (TPSA) is 69.2 Å². The molecule has 0 bridgehead atoms. The number of carbonyl (C=O) groups is 2. The minimum Gasteiger partial charge on any atom is -0.419 e. The van der Waals surface area contributed by atoms with E-state index in [-0.39, 0.29) is 11.3 Å². The Morgan fingerprint density at radius 2 is 1.10 bits per heavy atom. The summed E-state index contributed by atoms with van der Waals surface area (Å²) >= 11 is 0. The number of carbonyl (C=O) groups excluding carboxylic acids is 2. The van der Waals surface area contributed by atoms with Gasteiger partial charge in [-0.15, -0.1) is 0 Å². The SMILES string of the molecule is O=C1OC(c2ccccc2)=C(c2nc3ccccc3nc2-c2ccccc2)C1=O. The number of para-hydroxylation sites is 2. The van der Waals surface area contributed by atoms with Crippen molar-refractivity contribution in [1.29, 1.82) is 0 Å². The minimum atomic E-state index is -0.909. The molecular weight excluding hydrogens is 364 g/mol. The molecule has 0 radical (unpaired) electrons. The van der Waals surface area contributed by atoms with Gasteiger partial charge in [0.1, 0.15) is 11.3 Å². The van der Waals surface area contributed by atoms with Gasteiger partial charge < -0.3 is 4.74 Å².